The molecule has 0 fully saturated rings. The fourth-order valence-corrected chi connectivity index (χ4v) is 3.08. The average molecular weight is 416 g/mol. The lowest BCUT2D eigenvalue weighted by Crippen LogP contribution is -2.28. The molecule has 0 aliphatic rings. The highest BCUT2D eigenvalue weighted by Gasteiger charge is 2.11. The van der Waals surface area contributed by atoms with E-state index >= 15 is 0 Å². The smallest absolute Gasteiger partial charge is 0.261 e. The summed E-state index contributed by atoms with van der Waals surface area (Å²) < 4.78 is 14.5. The summed E-state index contributed by atoms with van der Waals surface area (Å²) >= 11 is 0. The van der Waals surface area contributed by atoms with Crippen molar-refractivity contribution in [1.82, 2.24) is 9.55 Å². The normalized spacial score (nSPS) is 10.6. The lowest BCUT2D eigenvalue weighted by Gasteiger charge is -2.10. The molecule has 0 radical (unpaired) electrons. The van der Waals surface area contributed by atoms with Crippen molar-refractivity contribution in [3.63, 3.8) is 0 Å². The van der Waals surface area contributed by atoms with Crippen LogP contribution in [-0.2, 0) is 11.3 Å². The molecule has 4 aromatic rings. The minimum Gasteiger partial charge on any atom is -0.325 e. The molecule has 0 atom stereocenters. The van der Waals surface area contributed by atoms with E-state index in [2.05, 4.69) is 15.6 Å². The first-order valence-electron chi connectivity index (χ1n) is 9.40. The van der Waals surface area contributed by atoms with Crippen LogP contribution >= 0.6 is 0 Å². The Morgan fingerprint density at radius 1 is 0.903 bits per heavy atom. The Labute approximate surface area is 176 Å². The van der Waals surface area contributed by atoms with Gasteiger partial charge in [-0.05, 0) is 48.5 Å². The van der Waals surface area contributed by atoms with E-state index < -0.39 is 17.6 Å². The van der Waals surface area contributed by atoms with Gasteiger partial charge in [-0.25, -0.2) is 9.37 Å². The van der Waals surface area contributed by atoms with Crippen molar-refractivity contribution in [2.24, 2.45) is 0 Å². The summed E-state index contributed by atoms with van der Waals surface area (Å²) in [5.41, 5.74) is 1.23. The molecule has 0 saturated carbocycles. The number of amides is 2. The maximum Gasteiger partial charge on any atom is 0.261 e. The molecule has 0 aliphatic heterocycles. The Bertz CT molecular complexity index is 1350. The van der Waals surface area contributed by atoms with Crippen molar-refractivity contribution in [3.8, 4) is 0 Å². The number of nitrogens with zero attached hydrogens (tertiary/aromatic N) is 2. The van der Waals surface area contributed by atoms with Crippen LogP contribution in [0, 0.1) is 5.82 Å². The Kier molecular flexibility index (Phi) is 5.53. The first kappa shape index (κ1) is 20.0. The largest absolute Gasteiger partial charge is 0.325 e. The summed E-state index contributed by atoms with van der Waals surface area (Å²) in [6.45, 7) is -0.226. The number of hydrogen-bond acceptors (Lipinski definition) is 4. The van der Waals surface area contributed by atoms with Crippen LogP contribution in [-0.4, -0.2) is 21.4 Å². The van der Waals surface area contributed by atoms with E-state index in [0.717, 1.165) is 0 Å². The molecule has 0 unspecified atom stereocenters. The van der Waals surface area contributed by atoms with Crippen molar-refractivity contribution in [2.75, 3.05) is 10.6 Å². The molecule has 4 rings (SSSR count). The summed E-state index contributed by atoms with van der Waals surface area (Å²) in [6.07, 6.45) is 1.33. The second-order valence-electron chi connectivity index (χ2n) is 6.79. The predicted molar refractivity (Wildman–Crippen MR) is 115 cm³/mol. The standard InChI is InChI=1S/C23H17FN4O3/c24-16-6-4-8-18(12-16)27-22(30)15-5-3-7-17(11-15)26-21(29)13-28-14-25-20-10-2-1-9-19(20)23(28)31/h1-12,14H,13H2,(H,26,29)(H,27,30). The topological polar surface area (TPSA) is 93.1 Å². The second-order valence-corrected chi connectivity index (χ2v) is 6.79. The number of benzene rings is 3. The lowest BCUT2D eigenvalue weighted by molar-refractivity contribution is -0.116. The molecule has 0 saturated heterocycles. The number of rotatable bonds is 5. The van der Waals surface area contributed by atoms with Crippen LogP contribution in [0.15, 0.2) is 83.9 Å². The van der Waals surface area contributed by atoms with Gasteiger partial charge in [0.2, 0.25) is 5.91 Å². The number of anilines is 2. The molecule has 31 heavy (non-hydrogen) atoms. The predicted octanol–water partition coefficient (Wildman–Crippen LogP) is 3.43. The quantitative estimate of drug-likeness (QED) is 0.521. The van der Waals surface area contributed by atoms with Crippen molar-refractivity contribution in [2.45, 2.75) is 6.54 Å². The number of hydrogen-bond donors (Lipinski definition) is 2. The number of carbonyl (C=O) groups is 2. The van der Waals surface area contributed by atoms with E-state index in [0.29, 0.717) is 22.3 Å². The summed E-state index contributed by atoms with van der Waals surface area (Å²) in [7, 11) is 0. The highest BCUT2D eigenvalue weighted by atomic mass is 19.1. The molecular weight excluding hydrogens is 399 g/mol. The van der Waals surface area contributed by atoms with Gasteiger partial charge in [0.25, 0.3) is 11.5 Å². The van der Waals surface area contributed by atoms with Gasteiger partial charge in [0.15, 0.2) is 0 Å². The first-order chi connectivity index (χ1) is 15.0. The number of para-hydroxylation sites is 1. The number of halogens is 1. The molecule has 0 aliphatic carbocycles. The lowest BCUT2D eigenvalue weighted by atomic mass is 10.1. The fourth-order valence-electron chi connectivity index (χ4n) is 3.08. The van der Waals surface area contributed by atoms with Crippen molar-refractivity contribution < 1.29 is 14.0 Å². The third kappa shape index (κ3) is 4.64. The molecule has 8 heteroatoms. The SMILES string of the molecule is O=C(Cn1cnc2ccccc2c1=O)Nc1cccc(C(=O)Nc2cccc(F)c2)c1. The Morgan fingerprint density at radius 3 is 2.45 bits per heavy atom. The van der Waals surface area contributed by atoms with E-state index in [1.54, 1.807) is 48.5 Å². The van der Waals surface area contributed by atoms with E-state index in [4.69, 9.17) is 0 Å². The van der Waals surface area contributed by atoms with Gasteiger partial charge in [-0.15, -0.1) is 0 Å². The molecular formula is C23H17FN4O3. The number of aromatic nitrogens is 2. The summed E-state index contributed by atoms with van der Waals surface area (Å²) in [4.78, 5) is 41.6. The van der Waals surface area contributed by atoms with Crippen LogP contribution in [0.2, 0.25) is 0 Å². The average Bonchev–Trinajstić information content (AvgIpc) is 2.76. The Morgan fingerprint density at radius 2 is 1.65 bits per heavy atom. The molecule has 154 valence electrons. The van der Waals surface area contributed by atoms with Crippen LogP contribution in [0.1, 0.15) is 10.4 Å². The first-order valence-corrected chi connectivity index (χ1v) is 9.40. The van der Waals surface area contributed by atoms with Crippen LogP contribution in [0.3, 0.4) is 0 Å². The van der Waals surface area contributed by atoms with Crippen LogP contribution in [0.4, 0.5) is 15.8 Å². The van der Waals surface area contributed by atoms with Crippen LogP contribution in [0.5, 0.6) is 0 Å². The molecule has 1 heterocycles. The van der Waals surface area contributed by atoms with Gasteiger partial charge in [-0.1, -0.05) is 24.3 Å². The minimum absolute atomic E-state index is 0.226. The van der Waals surface area contributed by atoms with Crippen molar-refractivity contribution in [1.29, 1.82) is 0 Å². The van der Waals surface area contributed by atoms with Gasteiger partial charge in [-0.2, -0.15) is 0 Å². The third-order valence-electron chi connectivity index (χ3n) is 4.54. The van der Waals surface area contributed by atoms with Crippen LogP contribution < -0.4 is 16.2 Å². The Hall–Kier alpha value is -4.33. The summed E-state index contributed by atoms with van der Waals surface area (Å²) in [5, 5.41) is 5.69. The van der Waals surface area contributed by atoms with Gasteiger partial charge < -0.3 is 10.6 Å². The minimum atomic E-state index is -0.461. The molecule has 2 N–H and O–H groups in total. The maximum absolute atomic E-state index is 13.3. The van der Waals surface area contributed by atoms with E-state index in [1.807, 2.05) is 0 Å². The molecule has 1 aromatic heterocycles. The monoisotopic (exact) mass is 416 g/mol. The van der Waals surface area contributed by atoms with Gasteiger partial charge in [-0.3, -0.25) is 19.0 Å². The fraction of sp³-hybridized carbons (Fsp3) is 0.0435. The number of carbonyl (C=O) groups excluding carboxylic acids is 2. The van der Waals surface area contributed by atoms with Crippen LogP contribution in [0.25, 0.3) is 10.9 Å². The van der Waals surface area contributed by atoms with Gasteiger partial charge >= 0.3 is 0 Å². The zero-order valence-electron chi connectivity index (χ0n) is 16.2. The number of nitrogens with one attached hydrogen (secondary N) is 2. The molecule has 7 nitrogen and oxygen atoms in total. The molecule has 2 amide bonds. The number of fused-ring (bicyclic) bond motifs is 1. The molecule has 0 bridgehead atoms. The van der Waals surface area contributed by atoms with Gasteiger partial charge in [0.1, 0.15) is 12.4 Å². The van der Waals surface area contributed by atoms with Gasteiger partial charge in [0.05, 0.1) is 17.2 Å². The van der Waals surface area contributed by atoms with E-state index in [9.17, 15) is 18.8 Å². The van der Waals surface area contributed by atoms with E-state index in [1.165, 1.54) is 35.2 Å². The Balaban J connectivity index is 1.46. The highest BCUT2D eigenvalue weighted by Crippen LogP contribution is 2.15. The molecule has 0 spiro atoms. The zero-order chi connectivity index (χ0) is 21.8. The summed E-state index contributed by atoms with van der Waals surface area (Å²) in [6, 6.07) is 18.7. The zero-order valence-corrected chi connectivity index (χ0v) is 16.2. The maximum atomic E-state index is 13.3. The van der Waals surface area contributed by atoms with Gasteiger partial charge in [0, 0.05) is 16.9 Å². The third-order valence-corrected chi connectivity index (χ3v) is 4.54. The van der Waals surface area contributed by atoms with E-state index in [-0.39, 0.29) is 17.7 Å². The van der Waals surface area contributed by atoms with Crippen molar-refractivity contribution >= 4 is 34.1 Å². The molecule has 3 aromatic carbocycles. The summed E-state index contributed by atoms with van der Waals surface area (Å²) in [5.74, 6) is -1.35. The van der Waals surface area contributed by atoms with Crippen molar-refractivity contribution in [3.05, 3.63) is 101 Å². The highest BCUT2D eigenvalue weighted by molar-refractivity contribution is 6.05. The second kappa shape index (κ2) is 8.58.